The lowest BCUT2D eigenvalue weighted by Gasteiger charge is -2.13. The van der Waals surface area contributed by atoms with E-state index in [1.807, 2.05) is 36.4 Å². The summed E-state index contributed by atoms with van der Waals surface area (Å²) < 4.78 is 0. The maximum Gasteiger partial charge on any atom is 0.0907 e. The molecule has 1 nitrogen and oxygen atoms in total. The van der Waals surface area contributed by atoms with Crippen molar-refractivity contribution in [2.75, 3.05) is 5.33 Å². The van der Waals surface area contributed by atoms with E-state index in [2.05, 4.69) is 15.9 Å². The number of halogens is 2. The van der Waals surface area contributed by atoms with E-state index in [0.717, 1.165) is 16.3 Å². The second-order valence-corrected chi connectivity index (χ2v) is 4.41. The first-order chi connectivity index (χ1) is 7.24. The van der Waals surface area contributed by atoms with Crippen molar-refractivity contribution in [2.24, 2.45) is 0 Å². The summed E-state index contributed by atoms with van der Waals surface area (Å²) in [5.74, 6) is 0. The molecule has 2 aromatic carbocycles. The van der Waals surface area contributed by atoms with Crippen LogP contribution in [0.3, 0.4) is 0 Å². The van der Waals surface area contributed by atoms with Crippen molar-refractivity contribution in [3.8, 4) is 0 Å². The summed E-state index contributed by atoms with van der Waals surface area (Å²) in [7, 11) is 0. The Kier molecular flexibility index (Phi) is 3.29. The Morgan fingerprint density at radius 1 is 1.20 bits per heavy atom. The van der Waals surface area contributed by atoms with Gasteiger partial charge in [0.2, 0.25) is 0 Å². The maximum atomic E-state index is 9.88. The number of hydrogen-bond acceptors (Lipinski definition) is 1. The summed E-state index contributed by atoms with van der Waals surface area (Å²) in [6.07, 6.45) is -0.566. The minimum absolute atomic E-state index is 0.487. The summed E-state index contributed by atoms with van der Waals surface area (Å²) in [6, 6.07) is 11.7. The maximum absolute atomic E-state index is 9.88. The van der Waals surface area contributed by atoms with Crippen LogP contribution in [0, 0.1) is 0 Å². The van der Waals surface area contributed by atoms with E-state index in [4.69, 9.17) is 11.6 Å². The summed E-state index contributed by atoms with van der Waals surface area (Å²) in [5.41, 5.74) is 0.798. The van der Waals surface area contributed by atoms with Gasteiger partial charge < -0.3 is 5.11 Å². The molecule has 0 fully saturated rings. The molecule has 1 N–H and O–H groups in total. The van der Waals surface area contributed by atoms with Crippen LogP contribution >= 0.6 is 27.5 Å². The zero-order valence-corrected chi connectivity index (χ0v) is 10.3. The topological polar surface area (TPSA) is 20.2 Å². The van der Waals surface area contributed by atoms with Crippen LogP contribution in [0.25, 0.3) is 10.8 Å². The Morgan fingerprint density at radius 2 is 1.93 bits per heavy atom. The highest BCUT2D eigenvalue weighted by Gasteiger charge is 2.13. The molecule has 0 aliphatic heterocycles. The molecule has 2 rings (SSSR count). The van der Waals surface area contributed by atoms with E-state index in [9.17, 15) is 5.11 Å². The molecule has 2 aromatic rings. The van der Waals surface area contributed by atoms with Gasteiger partial charge in [0.1, 0.15) is 0 Å². The van der Waals surface area contributed by atoms with Crippen LogP contribution in [0.15, 0.2) is 36.4 Å². The molecular formula is C12H10BrClO. The van der Waals surface area contributed by atoms with E-state index in [-0.39, 0.29) is 0 Å². The van der Waals surface area contributed by atoms with Crippen LogP contribution in [-0.4, -0.2) is 10.4 Å². The van der Waals surface area contributed by atoms with Gasteiger partial charge in [-0.2, -0.15) is 0 Å². The van der Waals surface area contributed by atoms with Gasteiger partial charge in [0.25, 0.3) is 0 Å². The van der Waals surface area contributed by atoms with Crippen LogP contribution in [0.2, 0.25) is 5.02 Å². The Balaban J connectivity index is 2.74. The van der Waals surface area contributed by atoms with Gasteiger partial charge in [-0.25, -0.2) is 0 Å². The third-order valence-corrected chi connectivity index (χ3v) is 3.34. The Hall–Kier alpha value is -0.570. The summed E-state index contributed by atoms with van der Waals surface area (Å²) in [6.45, 7) is 0. The van der Waals surface area contributed by atoms with Crippen LogP contribution in [0.4, 0.5) is 0 Å². The van der Waals surface area contributed by atoms with Gasteiger partial charge in [0.15, 0.2) is 0 Å². The van der Waals surface area contributed by atoms with Crippen molar-refractivity contribution >= 4 is 38.3 Å². The summed E-state index contributed by atoms with van der Waals surface area (Å²) in [5, 5.41) is 13.1. The van der Waals surface area contributed by atoms with E-state index in [0.29, 0.717) is 10.4 Å². The zero-order chi connectivity index (χ0) is 10.8. The number of fused-ring (bicyclic) bond motifs is 1. The Morgan fingerprint density at radius 3 is 2.67 bits per heavy atom. The highest BCUT2D eigenvalue weighted by molar-refractivity contribution is 9.09. The molecule has 3 heteroatoms. The first kappa shape index (κ1) is 10.9. The van der Waals surface area contributed by atoms with E-state index in [1.165, 1.54) is 0 Å². The zero-order valence-electron chi connectivity index (χ0n) is 7.95. The standard InChI is InChI=1S/C12H10BrClO/c13-7-11(15)12-9-4-2-1-3-8(9)5-6-10(12)14/h1-6,11,15H,7H2/t11-/m1/s1. The van der Waals surface area contributed by atoms with Crippen LogP contribution in [0.5, 0.6) is 0 Å². The highest BCUT2D eigenvalue weighted by atomic mass is 79.9. The molecule has 0 bridgehead atoms. The van der Waals surface area contributed by atoms with Gasteiger partial charge in [-0.1, -0.05) is 57.9 Å². The quantitative estimate of drug-likeness (QED) is 0.829. The third-order valence-electron chi connectivity index (χ3n) is 2.40. The molecule has 1 atom stereocenters. The fourth-order valence-electron chi connectivity index (χ4n) is 1.68. The first-order valence-corrected chi connectivity index (χ1v) is 6.15. The highest BCUT2D eigenvalue weighted by Crippen LogP contribution is 2.31. The average Bonchev–Trinajstić information content (AvgIpc) is 2.28. The SMILES string of the molecule is O[C@H](CBr)c1c(Cl)ccc2ccccc12. The monoisotopic (exact) mass is 284 g/mol. The number of aliphatic hydroxyl groups excluding tert-OH is 1. The summed E-state index contributed by atoms with van der Waals surface area (Å²) >= 11 is 9.36. The normalized spacial score (nSPS) is 13.0. The molecular weight excluding hydrogens is 275 g/mol. The number of hydrogen-bond donors (Lipinski definition) is 1. The van der Waals surface area contributed by atoms with Gasteiger partial charge in [-0.05, 0) is 16.8 Å². The second-order valence-electron chi connectivity index (χ2n) is 3.35. The lowest BCUT2D eigenvalue weighted by atomic mass is 10.0. The molecule has 0 aliphatic carbocycles. The molecule has 0 aromatic heterocycles. The van der Waals surface area contributed by atoms with Gasteiger partial charge in [0.05, 0.1) is 6.10 Å². The van der Waals surface area contributed by atoms with Gasteiger partial charge in [-0.3, -0.25) is 0 Å². The van der Waals surface area contributed by atoms with Gasteiger partial charge >= 0.3 is 0 Å². The number of benzene rings is 2. The lowest BCUT2D eigenvalue weighted by Crippen LogP contribution is -2.00. The minimum atomic E-state index is -0.566. The molecule has 78 valence electrons. The molecule has 0 aliphatic rings. The largest absolute Gasteiger partial charge is 0.387 e. The van der Waals surface area contributed by atoms with E-state index >= 15 is 0 Å². The molecule has 0 saturated carbocycles. The van der Waals surface area contributed by atoms with Crippen LogP contribution < -0.4 is 0 Å². The van der Waals surface area contributed by atoms with Crippen molar-refractivity contribution in [3.05, 3.63) is 47.0 Å². The minimum Gasteiger partial charge on any atom is -0.387 e. The fraction of sp³-hybridized carbons (Fsp3) is 0.167. The molecule has 0 amide bonds. The van der Waals surface area contributed by atoms with Crippen molar-refractivity contribution in [1.82, 2.24) is 0 Å². The second kappa shape index (κ2) is 4.52. The van der Waals surface area contributed by atoms with E-state index in [1.54, 1.807) is 0 Å². The van der Waals surface area contributed by atoms with Gasteiger partial charge in [-0.15, -0.1) is 0 Å². The predicted octanol–water partition coefficient (Wildman–Crippen LogP) is 3.92. The third kappa shape index (κ3) is 2.03. The van der Waals surface area contributed by atoms with Crippen molar-refractivity contribution in [3.63, 3.8) is 0 Å². The van der Waals surface area contributed by atoms with Crippen LogP contribution in [-0.2, 0) is 0 Å². The molecule has 0 saturated heterocycles. The van der Waals surface area contributed by atoms with Crippen molar-refractivity contribution in [2.45, 2.75) is 6.10 Å². The first-order valence-electron chi connectivity index (χ1n) is 4.65. The van der Waals surface area contributed by atoms with Crippen molar-refractivity contribution < 1.29 is 5.11 Å². The summed E-state index contributed by atoms with van der Waals surface area (Å²) in [4.78, 5) is 0. The molecule has 15 heavy (non-hydrogen) atoms. The molecule has 0 spiro atoms. The Bertz CT molecular complexity index is 484. The predicted molar refractivity (Wildman–Crippen MR) is 67.7 cm³/mol. The Labute approximate surface area is 102 Å². The fourth-order valence-corrected chi connectivity index (χ4v) is 2.30. The molecule has 0 unspecified atom stereocenters. The molecule has 0 heterocycles. The smallest absolute Gasteiger partial charge is 0.0907 e. The number of aliphatic hydroxyl groups is 1. The van der Waals surface area contributed by atoms with E-state index < -0.39 is 6.10 Å². The number of alkyl halides is 1. The molecule has 0 radical (unpaired) electrons. The average molecular weight is 286 g/mol. The van der Waals surface area contributed by atoms with Crippen LogP contribution in [0.1, 0.15) is 11.7 Å². The van der Waals surface area contributed by atoms with Crippen molar-refractivity contribution in [1.29, 1.82) is 0 Å². The lowest BCUT2D eigenvalue weighted by molar-refractivity contribution is 0.207. The number of rotatable bonds is 2. The van der Waals surface area contributed by atoms with Gasteiger partial charge in [0, 0.05) is 15.9 Å².